The van der Waals surface area contributed by atoms with E-state index in [9.17, 15) is 9.59 Å². The summed E-state index contributed by atoms with van der Waals surface area (Å²) in [5.41, 5.74) is 11.5. The lowest BCUT2D eigenvalue weighted by molar-refractivity contribution is -0.134. The molecule has 0 aromatic carbocycles. The first-order chi connectivity index (χ1) is 13.7. The number of hydrogen-bond donors (Lipinski definition) is 6. The molecule has 158 valence electrons. The highest BCUT2D eigenvalue weighted by molar-refractivity contribution is 7.98. The zero-order chi connectivity index (χ0) is 22.2. The summed E-state index contributed by atoms with van der Waals surface area (Å²) in [4.78, 5) is 31.2. The maximum atomic E-state index is 9.55. The van der Waals surface area contributed by atoms with E-state index in [2.05, 4.69) is 25.6 Å². The number of carbonyl (C=O) groups is 2. The fourth-order valence-electron chi connectivity index (χ4n) is 1.49. The van der Waals surface area contributed by atoms with Crippen LogP contribution >= 0.6 is 23.1 Å². The minimum absolute atomic E-state index is 0.0118. The third-order valence-electron chi connectivity index (χ3n) is 2.53. The topological polar surface area (TPSA) is 212 Å². The summed E-state index contributed by atoms with van der Waals surface area (Å²) in [6, 6.07) is 0.172. The van der Waals surface area contributed by atoms with Gasteiger partial charge in [0.05, 0.1) is 5.69 Å². The zero-order valence-electron chi connectivity index (χ0n) is 15.7. The molecule has 0 radical (unpaired) electrons. The van der Waals surface area contributed by atoms with E-state index >= 15 is 0 Å². The minimum Gasteiger partial charge on any atom is -0.478 e. The second-order valence-electron chi connectivity index (χ2n) is 5.04. The summed E-state index contributed by atoms with van der Waals surface area (Å²) in [5.74, 6) is -0.416. The lowest BCUT2D eigenvalue weighted by Gasteiger charge is -2.14. The van der Waals surface area contributed by atoms with Crippen molar-refractivity contribution in [2.75, 3.05) is 12.8 Å². The van der Waals surface area contributed by atoms with E-state index in [-0.39, 0.29) is 12.0 Å². The Kier molecular flexibility index (Phi) is 13.0. The van der Waals surface area contributed by atoms with Gasteiger partial charge in [0.15, 0.2) is 12.2 Å². The highest BCUT2D eigenvalue weighted by Crippen LogP contribution is 2.21. The fraction of sp³-hybridized carbons (Fsp3) is 0.333. The predicted octanol–water partition coefficient (Wildman–Crippen LogP) is 0.0276. The number of nitrogens with one attached hydrogen (secondary N) is 2. The Morgan fingerprint density at radius 1 is 1.41 bits per heavy atom. The van der Waals surface area contributed by atoms with Crippen molar-refractivity contribution in [3.05, 3.63) is 23.2 Å². The van der Waals surface area contributed by atoms with Crippen molar-refractivity contribution < 1.29 is 19.8 Å². The molecule has 0 saturated heterocycles. The van der Waals surface area contributed by atoms with Crippen molar-refractivity contribution in [3.8, 4) is 6.19 Å². The summed E-state index contributed by atoms with van der Waals surface area (Å²) in [6.45, 7) is 2.02. The maximum Gasteiger partial charge on any atom is 0.328 e. The molecule has 8 N–H and O–H groups in total. The van der Waals surface area contributed by atoms with E-state index in [1.165, 1.54) is 11.3 Å². The van der Waals surface area contributed by atoms with Gasteiger partial charge in [0, 0.05) is 42.1 Å². The summed E-state index contributed by atoms with van der Waals surface area (Å²) in [7, 11) is 1.62. The van der Waals surface area contributed by atoms with Crippen LogP contribution in [0.1, 0.15) is 12.6 Å². The van der Waals surface area contributed by atoms with Crippen LogP contribution in [0, 0.1) is 11.5 Å². The number of nitrogens with two attached hydrogens (primary N) is 2. The molecule has 0 aliphatic rings. The average Bonchev–Trinajstić information content (AvgIpc) is 3.06. The SMILES string of the molecule is CN=C(NC#N)NC(C)CSCc1csc(N=C(N)N)n1.O=C(O)/C=C\C(=O)O. The van der Waals surface area contributed by atoms with Crippen molar-refractivity contribution in [1.29, 1.82) is 5.26 Å². The number of guanidine groups is 2. The molecule has 0 saturated carbocycles. The second-order valence-corrected chi connectivity index (χ2v) is 6.90. The molecular formula is C15H22N8O4S2. The Morgan fingerprint density at radius 3 is 2.52 bits per heavy atom. The van der Waals surface area contributed by atoms with Crippen LogP contribution < -0.4 is 22.1 Å². The number of nitrogens with zero attached hydrogens (tertiary/aromatic N) is 4. The van der Waals surface area contributed by atoms with Gasteiger partial charge >= 0.3 is 11.9 Å². The fourth-order valence-corrected chi connectivity index (χ4v) is 3.21. The Balaban J connectivity index is 0.000000828. The Hall–Kier alpha value is -3.31. The van der Waals surface area contributed by atoms with Crippen molar-refractivity contribution in [2.24, 2.45) is 21.5 Å². The summed E-state index contributed by atoms with van der Waals surface area (Å²) < 4.78 is 0. The van der Waals surface area contributed by atoms with Crippen molar-refractivity contribution >= 4 is 52.1 Å². The van der Waals surface area contributed by atoms with E-state index in [1.54, 1.807) is 18.8 Å². The number of aliphatic imine (C=N–C) groups is 2. The van der Waals surface area contributed by atoms with E-state index < -0.39 is 11.9 Å². The number of rotatable bonds is 8. The van der Waals surface area contributed by atoms with E-state index in [0.29, 0.717) is 23.2 Å². The normalized spacial score (nSPS) is 11.6. The standard InChI is InChI=1S/C11H18N8S2.C4H4O4/c1-7(17-10(15-2)16-6-12)3-20-4-8-5-21-11(18-8)19-9(13)14;5-3(6)1-2-4(7)8/h5,7H,3-4H2,1-2H3,(H2,15,16,17)(H4,13,14,18,19);1-2H,(H,5,6)(H,7,8)/b;2-1-. The molecule has 1 aromatic rings. The van der Waals surface area contributed by atoms with E-state index in [0.717, 1.165) is 17.2 Å². The average molecular weight is 443 g/mol. The van der Waals surface area contributed by atoms with Gasteiger partial charge in [0.25, 0.3) is 0 Å². The van der Waals surface area contributed by atoms with Crippen LogP contribution in [0.25, 0.3) is 0 Å². The minimum atomic E-state index is -1.26. The molecule has 29 heavy (non-hydrogen) atoms. The summed E-state index contributed by atoms with van der Waals surface area (Å²) >= 11 is 3.13. The largest absolute Gasteiger partial charge is 0.478 e. The lowest BCUT2D eigenvalue weighted by Crippen LogP contribution is -2.41. The predicted molar refractivity (Wildman–Crippen MR) is 113 cm³/mol. The number of thioether (sulfide) groups is 1. The first kappa shape index (κ1) is 25.7. The van der Waals surface area contributed by atoms with Gasteiger partial charge < -0.3 is 27.0 Å². The molecule has 0 bridgehead atoms. The van der Waals surface area contributed by atoms with Gasteiger partial charge in [-0.15, -0.1) is 11.3 Å². The van der Waals surface area contributed by atoms with Crippen LogP contribution in [-0.2, 0) is 15.3 Å². The number of nitriles is 1. The molecule has 0 spiro atoms. The van der Waals surface area contributed by atoms with Crippen molar-refractivity contribution in [2.45, 2.75) is 18.7 Å². The molecule has 1 aromatic heterocycles. The van der Waals surface area contributed by atoms with Crippen molar-refractivity contribution in [3.63, 3.8) is 0 Å². The molecule has 0 aliphatic heterocycles. The van der Waals surface area contributed by atoms with Crippen LogP contribution in [0.2, 0.25) is 0 Å². The monoisotopic (exact) mass is 442 g/mol. The van der Waals surface area contributed by atoms with E-state index in [4.69, 9.17) is 26.9 Å². The van der Waals surface area contributed by atoms with Gasteiger partial charge in [-0.05, 0) is 6.92 Å². The van der Waals surface area contributed by atoms with Crippen LogP contribution in [0.4, 0.5) is 5.13 Å². The first-order valence-corrected chi connectivity index (χ1v) is 9.85. The highest BCUT2D eigenvalue weighted by Gasteiger charge is 2.06. The second kappa shape index (κ2) is 14.7. The number of aliphatic carboxylic acids is 2. The molecule has 1 rings (SSSR count). The molecule has 1 unspecified atom stereocenters. The summed E-state index contributed by atoms with van der Waals surface area (Å²) in [5, 5.41) is 32.3. The van der Waals surface area contributed by atoms with Gasteiger partial charge in [0.2, 0.25) is 11.1 Å². The Morgan fingerprint density at radius 2 is 2.03 bits per heavy atom. The van der Waals surface area contributed by atoms with Gasteiger partial charge in [-0.25, -0.2) is 14.6 Å². The number of thiazole rings is 1. The first-order valence-electron chi connectivity index (χ1n) is 7.82. The zero-order valence-corrected chi connectivity index (χ0v) is 17.3. The third kappa shape index (κ3) is 14.4. The number of aromatic nitrogens is 1. The van der Waals surface area contributed by atoms with Crippen LogP contribution in [-0.4, -0.2) is 57.9 Å². The molecule has 12 nitrogen and oxygen atoms in total. The van der Waals surface area contributed by atoms with Crippen LogP contribution in [0.3, 0.4) is 0 Å². The van der Waals surface area contributed by atoms with Gasteiger partial charge in [0.1, 0.15) is 0 Å². The van der Waals surface area contributed by atoms with Gasteiger partial charge in [-0.3, -0.25) is 10.3 Å². The number of carboxylic acid groups (broad SMARTS) is 2. The van der Waals surface area contributed by atoms with Gasteiger partial charge in [-0.1, -0.05) is 0 Å². The number of carboxylic acids is 2. The maximum absolute atomic E-state index is 9.55. The molecule has 0 amide bonds. The molecule has 0 aliphatic carbocycles. The van der Waals surface area contributed by atoms with E-state index in [1.807, 2.05) is 18.5 Å². The third-order valence-corrected chi connectivity index (χ3v) is 4.55. The molecule has 0 fully saturated rings. The Bertz CT molecular complexity index is 780. The molecule has 1 atom stereocenters. The lowest BCUT2D eigenvalue weighted by atomic mass is 10.4. The highest BCUT2D eigenvalue weighted by atomic mass is 32.2. The molecule has 14 heteroatoms. The smallest absolute Gasteiger partial charge is 0.328 e. The van der Waals surface area contributed by atoms with Gasteiger partial charge in [-0.2, -0.15) is 22.0 Å². The number of hydrogen-bond acceptors (Lipinski definition) is 8. The quantitative estimate of drug-likeness (QED) is 0.104. The summed E-state index contributed by atoms with van der Waals surface area (Å²) in [6.07, 6.45) is 2.95. The Labute approximate surface area is 175 Å². The molecule has 1 heterocycles. The van der Waals surface area contributed by atoms with Crippen LogP contribution in [0.15, 0.2) is 27.5 Å². The van der Waals surface area contributed by atoms with Crippen LogP contribution in [0.5, 0.6) is 0 Å². The molecular weight excluding hydrogens is 420 g/mol. The van der Waals surface area contributed by atoms with Crippen molar-refractivity contribution in [1.82, 2.24) is 15.6 Å².